The number of H-pyrrole nitrogens is 2. The number of aromatic amines is 2. The highest BCUT2D eigenvalue weighted by atomic mass is 32.1. The molecular formula is C23H26N8S2. The summed E-state index contributed by atoms with van der Waals surface area (Å²) in [5, 5.41) is 5.40. The van der Waals surface area contributed by atoms with Gasteiger partial charge in [-0.05, 0) is 50.9 Å². The van der Waals surface area contributed by atoms with Gasteiger partial charge in [0.1, 0.15) is 21.7 Å². The first-order valence-corrected chi connectivity index (χ1v) is 13.1. The van der Waals surface area contributed by atoms with Crippen LogP contribution in [-0.4, -0.2) is 43.0 Å². The van der Waals surface area contributed by atoms with Crippen molar-refractivity contribution < 1.29 is 0 Å². The van der Waals surface area contributed by atoms with E-state index >= 15 is 0 Å². The third kappa shape index (κ3) is 3.97. The highest BCUT2D eigenvalue weighted by molar-refractivity contribution is 7.23. The van der Waals surface area contributed by atoms with Crippen LogP contribution >= 0.6 is 22.7 Å². The lowest BCUT2D eigenvalue weighted by atomic mass is 10.1. The molecule has 1 fully saturated rings. The number of thiazole rings is 2. The SMILES string of the molecule is C[C@@H](CCCN)c1ncc(-c2nc3cc4sc(-c5cnc(C6CCCN6)[nH]5)nc4cc3s2)[nH]1. The van der Waals surface area contributed by atoms with Crippen molar-refractivity contribution in [1.29, 1.82) is 0 Å². The highest BCUT2D eigenvalue weighted by Crippen LogP contribution is 2.36. The van der Waals surface area contributed by atoms with E-state index in [2.05, 4.69) is 44.3 Å². The smallest absolute Gasteiger partial charge is 0.142 e. The summed E-state index contributed by atoms with van der Waals surface area (Å²) in [5.74, 6) is 2.36. The average Bonchev–Trinajstić information content (AvgIpc) is 3.64. The molecule has 0 saturated carbocycles. The van der Waals surface area contributed by atoms with E-state index in [9.17, 15) is 0 Å². The molecule has 10 heteroatoms. The predicted octanol–water partition coefficient (Wildman–Crippen LogP) is 4.95. The first-order valence-electron chi connectivity index (χ1n) is 11.4. The van der Waals surface area contributed by atoms with E-state index in [1.807, 2.05) is 12.4 Å². The Morgan fingerprint density at radius 1 is 1.03 bits per heavy atom. The molecule has 0 amide bonds. The molecule has 0 radical (unpaired) electrons. The number of imidazole rings is 2. The molecule has 4 aromatic heterocycles. The Hall–Kier alpha value is -2.66. The summed E-state index contributed by atoms with van der Waals surface area (Å²) < 4.78 is 2.26. The zero-order chi connectivity index (χ0) is 22.4. The number of aromatic nitrogens is 6. The molecular weight excluding hydrogens is 452 g/mol. The fraction of sp³-hybridized carbons (Fsp3) is 0.391. The summed E-state index contributed by atoms with van der Waals surface area (Å²) in [4.78, 5) is 25.9. The van der Waals surface area contributed by atoms with Gasteiger partial charge in [0.2, 0.25) is 0 Å². The van der Waals surface area contributed by atoms with E-state index in [-0.39, 0.29) is 0 Å². The van der Waals surface area contributed by atoms with Crippen LogP contribution in [0.15, 0.2) is 24.5 Å². The molecule has 5 aromatic rings. The Morgan fingerprint density at radius 2 is 1.73 bits per heavy atom. The zero-order valence-corrected chi connectivity index (χ0v) is 20.0. The second kappa shape index (κ2) is 8.60. The van der Waals surface area contributed by atoms with Crippen molar-refractivity contribution in [3.05, 3.63) is 36.2 Å². The van der Waals surface area contributed by atoms with Gasteiger partial charge in [0, 0.05) is 5.92 Å². The molecule has 170 valence electrons. The lowest BCUT2D eigenvalue weighted by molar-refractivity contribution is 0.613. The van der Waals surface area contributed by atoms with Crippen LogP contribution in [0.3, 0.4) is 0 Å². The van der Waals surface area contributed by atoms with E-state index in [0.717, 1.165) is 79.3 Å². The van der Waals surface area contributed by atoms with Crippen molar-refractivity contribution in [2.75, 3.05) is 13.1 Å². The van der Waals surface area contributed by atoms with Crippen molar-refractivity contribution in [1.82, 2.24) is 35.2 Å². The molecule has 1 aromatic carbocycles. The standard InChI is InChI=1S/C23H26N8S2/c1-12(4-2-6-24)20-26-10-16(28-20)22-30-14-8-19-15(9-18(14)32-22)31-23(33-19)17-11-27-21(29-17)13-5-3-7-25-13/h8-13,25H,2-7,24H2,1H3,(H,26,28)(H,27,29)/t12-,13?/m0/s1. The fourth-order valence-corrected chi connectivity index (χ4v) is 6.27. The van der Waals surface area contributed by atoms with Gasteiger partial charge in [-0.2, -0.15) is 0 Å². The average molecular weight is 479 g/mol. The monoisotopic (exact) mass is 478 g/mol. The largest absolute Gasteiger partial charge is 0.340 e. The zero-order valence-electron chi connectivity index (χ0n) is 18.4. The van der Waals surface area contributed by atoms with Gasteiger partial charge in [-0.15, -0.1) is 22.7 Å². The molecule has 6 rings (SSSR count). The van der Waals surface area contributed by atoms with E-state index in [0.29, 0.717) is 18.5 Å². The molecule has 1 unspecified atom stereocenters. The Balaban J connectivity index is 1.27. The van der Waals surface area contributed by atoms with Gasteiger partial charge >= 0.3 is 0 Å². The molecule has 0 bridgehead atoms. The number of nitrogens with one attached hydrogen (secondary N) is 3. The van der Waals surface area contributed by atoms with Crippen LogP contribution in [-0.2, 0) is 0 Å². The minimum Gasteiger partial charge on any atom is -0.340 e. The number of hydrogen-bond acceptors (Lipinski definition) is 8. The van der Waals surface area contributed by atoms with Crippen LogP contribution in [0.1, 0.15) is 56.2 Å². The summed E-state index contributed by atoms with van der Waals surface area (Å²) in [6.07, 6.45) is 8.14. The van der Waals surface area contributed by atoms with Crippen molar-refractivity contribution >= 4 is 43.1 Å². The van der Waals surface area contributed by atoms with Crippen LogP contribution in [0.4, 0.5) is 0 Å². The maximum Gasteiger partial charge on any atom is 0.142 e. The highest BCUT2D eigenvalue weighted by Gasteiger charge is 2.20. The normalized spacial score (nSPS) is 17.5. The Kier molecular flexibility index (Phi) is 5.45. The van der Waals surface area contributed by atoms with Crippen molar-refractivity contribution in [2.45, 2.75) is 44.6 Å². The molecule has 5 N–H and O–H groups in total. The van der Waals surface area contributed by atoms with Gasteiger partial charge in [0.25, 0.3) is 0 Å². The molecule has 2 atom stereocenters. The third-order valence-electron chi connectivity index (χ3n) is 6.25. The molecule has 1 saturated heterocycles. The van der Waals surface area contributed by atoms with Crippen LogP contribution in [0.5, 0.6) is 0 Å². The van der Waals surface area contributed by atoms with Gasteiger partial charge in [0.05, 0.1) is 50.3 Å². The molecule has 5 heterocycles. The van der Waals surface area contributed by atoms with Gasteiger partial charge in [-0.1, -0.05) is 6.92 Å². The lowest BCUT2D eigenvalue weighted by Crippen LogP contribution is -2.14. The number of benzene rings is 1. The van der Waals surface area contributed by atoms with Gasteiger partial charge < -0.3 is 21.0 Å². The van der Waals surface area contributed by atoms with Crippen molar-refractivity contribution in [3.8, 4) is 21.4 Å². The molecule has 1 aliphatic rings. The van der Waals surface area contributed by atoms with Crippen molar-refractivity contribution in [2.24, 2.45) is 5.73 Å². The Morgan fingerprint density at radius 3 is 2.39 bits per heavy atom. The first kappa shape index (κ1) is 20.9. The van der Waals surface area contributed by atoms with Gasteiger partial charge in [-0.25, -0.2) is 19.9 Å². The summed E-state index contributed by atoms with van der Waals surface area (Å²) in [7, 11) is 0. The van der Waals surface area contributed by atoms with E-state index < -0.39 is 0 Å². The molecule has 33 heavy (non-hydrogen) atoms. The van der Waals surface area contributed by atoms with Gasteiger partial charge in [0.15, 0.2) is 0 Å². The number of hydrogen-bond donors (Lipinski definition) is 4. The van der Waals surface area contributed by atoms with E-state index in [1.165, 1.54) is 6.42 Å². The first-order chi connectivity index (χ1) is 16.2. The van der Waals surface area contributed by atoms with Crippen molar-refractivity contribution in [3.63, 3.8) is 0 Å². The minimum absolute atomic E-state index is 0.327. The summed E-state index contributed by atoms with van der Waals surface area (Å²) in [6.45, 7) is 3.95. The second-order valence-electron chi connectivity index (χ2n) is 8.67. The number of nitrogens with zero attached hydrogens (tertiary/aromatic N) is 4. The van der Waals surface area contributed by atoms with Crippen LogP contribution in [0, 0.1) is 0 Å². The van der Waals surface area contributed by atoms with Crippen LogP contribution in [0.25, 0.3) is 41.8 Å². The third-order valence-corrected chi connectivity index (χ3v) is 8.35. The van der Waals surface area contributed by atoms with E-state index in [1.54, 1.807) is 22.7 Å². The Bertz CT molecular complexity index is 1350. The molecule has 8 nitrogen and oxygen atoms in total. The van der Waals surface area contributed by atoms with E-state index in [4.69, 9.17) is 15.7 Å². The maximum atomic E-state index is 5.65. The fourth-order valence-electron chi connectivity index (χ4n) is 4.38. The lowest BCUT2D eigenvalue weighted by Gasteiger charge is -2.06. The van der Waals surface area contributed by atoms with Crippen LogP contribution in [0.2, 0.25) is 0 Å². The van der Waals surface area contributed by atoms with Gasteiger partial charge in [-0.3, -0.25) is 0 Å². The molecule has 1 aliphatic heterocycles. The minimum atomic E-state index is 0.327. The Labute approximate surface area is 199 Å². The summed E-state index contributed by atoms with van der Waals surface area (Å²) >= 11 is 3.34. The molecule has 0 aliphatic carbocycles. The van der Waals surface area contributed by atoms with Crippen LogP contribution < -0.4 is 11.1 Å². The summed E-state index contributed by atoms with van der Waals surface area (Å²) in [5.41, 5.74) is 9.57. The second-order valence-corrected chi connectivity index (χ2v) is 10.7. The number of nitrogens with two attached hydrogens (primary N) is 1. The quantitative estimate of drug-likeness (QED) is 0.262. The predicted molar refractivity (Wildman–Crippen MR) is 135 cm³/mol. The number of fused-ring (bicyclic) bond motifs is 2. The summed E-state index contributed by atoms with van der Waals surface area (Å²) in [6, 6.07) is 4.61. The molecule has 0 spiro atoms. The number of rotatable bonds is 7. The maximum absolute atomic E-state index is 5.65. The topological polar surface area (TPSA) is 121 Å².